The van der Waals surface area contributed by atoms with E-state index < -0.39 is 5.82 Å². The van der Waals surface area contributed by atoms with Crippen LogP contribution in [0.25, 0.3) is 0 Å². The molecule has 0 amide bonds. The Kier molecular flexibility index (Phi) is 3.04. The summed E-state index contributed by atoms with van der Waals surface area (Å²) >= 11 is 0. The second-order valence-electron chi connectivity index (χ2n) is 2.23. The van der Waals surface area contributed by atoms with Crippen molar-refractivity contribution in [1.82, 2.24) is 0 Å². The lowest BCUT2D eigenvalue weighted by Crippen LogP contribution is -1.88. The Bertz CT molecular complexity index is 374. The molecule has 0 fully saturated rings. The van der Waals surface area contributed by atoms with Crippen molar-refractivity contribution in [2.24, 2.45) is 0 Å². The fourth-order valence-electron chi connectivity index (χ4n) is 0.876. The molecule has 3 heteroatoms. The highest BCUT2D eigenvalue weighted by Gasteiger charge is 2.00. The molecule has 1 aromatic rings. The Balaban J connectivity index is 3.13. The van der Waals surface area contributed by atoms with E-state index in [2.05, 4.69) is 11.8 Å². The first-order valence-corrected chi connectivity index (χ1v) is 3.56. The van der Waals surface area contributed by atoms with Crippen LogP contribution in [-0.2, 0) is 4.79 Å². The molecule has 0 saturated heterocycles. The van der Waals surface area contributed by atoms with Crippen molar-refractivity contribution in [3.8, 4) is 17.6 Å². The van der Waals surface area contributed by atoms with Gasteiger partial charge in [-0.15, -0.1) is 0 Å². The lowest BCUT2D eigenvalue weighted by Gasteiger charge is -2.01. The van der Waals surface area contributed by atoms with Gasteiger partial charge in [-0.3, -0.25) is 4.79 Å². The molecule has 0 unspecified atom stereocenters. The molecule has 13 heavy (non-hydrogen) atoms. The summed E-state index contributed by atoms with van der Waals surface area (Å²) in [6, 6.07) is 3.94. The number of rotatable bonds is 1. The van der Waals surface area contributed by atoms with Crippen LogP contribution >= 0.6 is 0 Å². The average molecular weight is 178 g/mol. The summed E-state index contributed by atoms with van der Waals surface area (Å²) in [4.78, 5) is 9.96. The van der Waals surface area contributed by atoms with Gasteiger partial charge >= 0.3 is 0 Å². The van der Waals surface area contributed by atoms with Crippen LogP contribution in [0.1, 0.15) is 5.56 Å². The third-order valence-corrected chi connectivity index (χ3v) is 1.43. The fraction of sp³-hybridized carbons (Fsp3) is 0.100. The van der Waals surface area contributed by atoms with Gasteiger partial charge in [-0.2, -0.15) is 0 Å². The Morgan fingerprint density at radius 1 is 1.54 bits per heavy atom. The van der Waals surface area contributed by atoms with E-state index in [4.69, 9.17) is 4.74 Å². The van der Waals surface area contributed by atoms with E-state index in [9.17, 15) is 9.18 Å². The highest BCUT2D eigenvalue weighted by atomic mass is 19.1. The number of hydrogen-bond donors (Lipinski definition) is 0. The highest BCUT2D eigenvalue weighted by molar-refractivity contribution is 5.74. The summed E-state index contributed by atoms with van der Waals surface area (Å²) < 4.78 is 17.5. The molecule has 0 aliphatic heterocycles. The largest absolute Gasteiger partial charge is 0.495 e. The summed E-state index contributed by atoms with van der Waals surface area (Å²) in [7, 11) is 1.42. The van der Waals surface area contributed by atoms with E-state index in [0.717, 1.165) is 0 Å². The zero-order chi connectivity index (χ0) is 9.68. The smallest absolute Gasteiger partial charge is 0.193 e. The maximum atomic E-state index is 12.7. The minimum Gasteiger partial charge on any atom is -0.495 e. The van der Waals surface area contributed by atoms with Crippen LogP contribution in [0.15, 0.2) is 18.2 Å². The summed E-state index contributed by atoms with van der Waals surface area (Å²) in [5.74, 6) is 4.69. The number of hydrogen-bond acceptors (Lipinski definition) is 2. The predicted octanol–water partition coefficient (Wildman–Crippen LogP) is 1.38. The van der Waals surface area contributed by atoms with E-state index in [1.165, 1.54) is 25.3 Å². The van der Waals surface area contributed by atoms with Gasteiger partial charge in [0.1, 0.15) is 11.6 Å². The second kappa shape index (κ2) is 4.27. The third kappa shape index (κ3) is 2.31. The standard InChI is InChI=1S/C10H7FO2/c1-13-10-7-9(11)5-4-8(10)3-2-6-12/h4-7H,1H3. The molecule has 2 nitrogen and oxygen atoms in total. The number of aldehydes is 1. The molecule has 0 aliphatic carbocycles. The number of benzene rings is 1. The normalized spacial score (nSPS) is 8.46. The lowest BCUT2D eigenvalue weighted by atomic mass is 10.2. The zero-order valence-electron chi connectivity index (χ0n) is 7.00. The van der Waals surface area contributed by atoms with Gasteiger partial charge < -0.3 is 4.74 Å². The molecule has 0 bridgehead atoms. The van der Waals surface area contributed by atoms with Gasteiger partial charge in [-0.05, 0) is 18.1 Å². The molecule has 0 heterocycles. The van der Waals surface area contributed by atoms with Gasteiger partial charge in [-0.1, -0.05) is 5.92 Å². The van der Waals surface area contributed by atoms with E-state index >= 15 is 0 Å². The fourth-order valence-corrected chi connectivity index (χ4v) is 0.876. The van der Waals surface area contributed by atoms with Crippen LogP contribution < -0.4 is 4.74 Å². The summed E-state index contributed by atoms with van der Waals surface area (Å²) in [6.07, 6.45) is 0.475. The van der Waals surface area contributed by atoms with Gasteiger partial charge in [0.25, 0.3) is 0 Å². The van der Waals surface area contributed by atoms with E-state index in [1.54, 1.807) is 0 Å². The molecular formula is C10H7FO2. The van der Waals surface area contributed by atoms with Crippen molar-refractivity contribution >= 4 is 6.29 Å². The topological polar surface area (TPSA) is 26.3 Å². The molecule has 66 valence electrons. The Morgan fingerprint density at radius 3 is 2.92 bits per heavy atom. The summed E-state index contributed by atoms with van der Waals surface area (Å²) in [5.41, 5.74) is 0.496. The van der Waals surface area contributed by atoms with Crippen LogP contribution in [0.4, 0.5) is 4.39 Å². The molecule has 0 atom stereocenters. The van der Waals surface area contributed by atoms with E-state index in [1.807, 2.05) is 0 Å². The van der Waals surface area contributed by atoms with Crippen molar-refractivity contribution in [2.45, 2.75) is 0 Å². The quantitative estimate of drug-likeness (QED) is 0.479. The molecule has 0 aromatic heterocycles. The molecule has 1 rings (SSSR count). The molecule has 0 saturated carbocycles. The number of ether oxygens (including phenoxy) is 1. The first-order valence-electron chi connectivity index (χ1n) is 3.56. The van der Waals surface area contributed by atoms with Gasteiger partial charge in [0.15, 0.2) is 6.29 Å². The van der Waals surface area contributed by atoms with Gasteiger partial charge in [0, 0.05) is 6.07 Å². The number of carbonyl (C=O) groups excluding carboxylic acids is 1. The van der Waals surface area contributed by atoms with Crippen LogP contribution in [0.3, 0.4) is 0 Å². The maximum Gasteiger partial charge on any atom is 0.193 e. The monoisotopic (exact) mass is 178 g/mol. The van der Waals surface area contributed by atoms with Crippen molar-refractivity contribution in [1.29, 1.82) is 0 Å². The molecule has 0 N–H and O–H groups in total. The minimum atomic E-state index is -0.395. The summed E-state index contributed by atoms with van der Waals surface area (Å²) in [6.45, 7) is 0. The number of halogens is 1. The zero-order valence-corrected chi connectivity index (χ0v) is 7.00. The highest BCUT2D eigenvalue weighted by Crippen LogP contribution is 2.17. The summed E-state index contributed by atoms with van der Waals surface area (Å²) in [5, 5.41) is 0. The first-order chi connectivity index (χ1) is 6.27. The molecule has 0 spiro atoms. The molecule has 1 aromatic carbocycles. The van der Waals surface area contributed by atoms with Gasteiger partial charge in [-0.25, -0.2) is 4.39 Å². The van der Waals surface area contributed by atoms with Crippen molar-refractivity contribution < 1.29 is 13.9 Å². The van der Waals surface area contributed by atoms with Gasteiger partial charge in [0.05, 0.1) is 12.7 Å². The second-order valence-corrected chi connectivity index (χ2v) is 2.23. The molecule has 0 radical (unpaired) electrons. The Hall–Kier alpha value is -1.82. The average Bonchev–Trinajstić information content (AvgIpc) is 2.16. The van der Waals surface area contributed by atoms with Crippen LogP contribution in [0, 0.1) is 17.7 Å². The van der Waals surface area contributed by atoms with Crippen molar-refractivity contribution in [2.75, 3.05) is 7.11 Å². The maximum absolute atomic E-state index is 12.7. The minimum absolute atomic E-state index is 0.328. The van der Waals surface area contributed by atoms with Crippen molar-refractivity contribution in [3.05, 3.63) is 29.6 Å². The predicted molar refractivity (Wildman–Crippen MR) is 45.9 cm³/mol. The number of carbonyl (C=O) groups is 1. The van der Waals surface area contributed by atoms with Crippen molar-refractivity contribution in [3.63, 3.8) is 0 Å². The lowest BCUT2D eigenvalue weighted by molar-refractivity contribution is -0.103. The van der Waals surface area contributed by atoms with E-state index in [-0.39, 0.29) is 0 Å². The van der Waals surface area contributed by atoms with Crippen LogP contribution in [0.5, 0.6) is 5.75 Å². The van der Waals surface area contributed by atoms with Gasteiger partial charge in [0.2, 0.25) is 0 Å². The van der Waals surface area contributed by atoms with E-state index in [0.29, 0.717) is 17.6 Å². The molecule has 0 aliphatic rings. The Morgan fingerprint density at radius 2 is 2.31 bits per heavy atom. The first kappa shape index (κ1) is 9.27. The molecular weight excluding hydrogens is 171 g/mol. The van der Waals surface area contributed by atoms with Crippen LogP contribution in [0.2, 0.25) is 0 Å². The van der Waals surface area contributed by atoms with Crippen LogP contribution in [-0.4, -0.2) is 13.4 Å². The SMILES string of the molecule is COc1cc(F)ccc1C#CC=O. The Labute approximate surface area is 75.3 Å². The third-order valence-electron chi connectivity index (χ3n) is 1.43. The number of methoxy groups -OCH3 is 1.